The molecular weight excluding hydrogens is 755 g/mol. The van der Waals surface area contributed by atoms with Gasteiger partial charge < -0.3 is 14.6 Å². The number of carbonyl (C=O) groups excluding carboxylic acids is 6. The number of hydroxylamine groups is 2. The van der Waals surface area contributed by atoms with Crippen LogP contribution in [0.15, 0.2) is 65.8 Å². The molecule has 0 bridgehead atoms. The largest absolute Gasteiger partial charge is 0.335 e. The summed E-state index contributed by atoms with van der Waals surface area (Å²) in [6.45, 7) is 25.2. The zero-order valence-electron chi connectivity index (χ0n) is 36.9. The van der Waals surface area contributed by atoms with E-state index in [4.69, 9.17) is 5.53 Å². The lowest BCUT2D eigenvalue weighted by atomic mass is 10.0. The lowest BCUT2D eigenvalue weighted by molar-refractivity contribution is -0.199. The molecule has 15 nitrogen and oxygen atoms in total. The number of anilines is 1. The van der Waals surface area contributed by atoms with Crippen LogP contribution in [0.3, 0.4) is 0 Å². The molecule has 5 rings (SSSR count). The van der Waals surface area contributed by atoms with Crippen molar-refractivity contribution in [3.8, 4) is 11.8 Å². The summed E-state index contributed by atoms with van der Waals surface area (Å²) >= 11 is 0. The third kappa shape index (κ3) is 20.4. The second kappa shape index (κ2) is 27.8. The van der Waals surface area contributed by atoms with Gasteiger partial charge in [0.25, 0.3) is 23.6 Å². The number of para-hydroxylation sites is 1. The van der Waals surface area contributed by atoms with Crippen LogP contribution in [-0.4, -0.2) is 63.7 Å². The van der Waals surface area contributed by atoms with E-state index in [9.17, 15) is 28.8 Å². The van der Waals surface area contributed by atoms with E-state index in [0.29, 0.717) is 11.6 Å². The van der Waals surface area contributed by atoms with E-state index >= 15 is 0 Å². The first kappa shape index (κ1) is 53.2. The van der Waals surface area contributed by atoms with E-state index in [-0.39, 0.29) is 60.6 Å². The van der Waals surface area contributed by atoms with Crippen molar-refractivity contribution in [1.29, 1.82) is 0 Å². The predicted molar refractivity (Wildman–Crippen MR) is 228 cm³/mol. The third-order valence-corrected chi connectivity index (χ3v) is 7.21. The van der Waals surface area contributed by atoms with Crippen molar-refractivity contribution >= 4 is 41.2 Å². The molecule has 3 aliphatic heterocycles. The Morgan fingerprint density at radius 3 is 1.59 bits per heavy atom. The van der Waals surface area contributed by atoms with E-state index in [1.54, 1.807) is 13.8 Å². The average Bonchev–Trinajstić information content (AvgIpc) is 3.67. The zero-order valence-corrected chi connectivity index (χ0v) is 36.9. The van der Waals surface area contributed by atoms with Gasteiger partial charge in [-0.2, -0.15) is 0 Å². The fourth-order valence-corrected chi connectivity index (χ4v) is 4.37. The molecule has 3 aliphatic rings. The highest BCUT2D eigenvalue weighted by atomic mass is 16.7. The van der Waals surface area contributed by atoms with Crippen molar-refractivity contribution in [2.45, 2.75) is 128 Å². The summed E-state index contributed by atoms with van der Waals surface area (Å²) in [5, 5.41) is 3.86. The van der Waals surface area contributed by atoms with Crippen LogP contribution < -0.4 is 10.8 Å². The van der Waals surface area contributed by atoms with Gasteiger partial charge in [-0.25, -0.2) is 10.7 Å². The van der Waals surface area contributed by atoms with Crippen LogP contribution in [0.2, 0.25) is 0 Å². The van der Waals surface area contributed by atoms with Crippen molar-refractivity contribution in [3.63, 3.8) is 0 Å². The Morgan fingerprint density at radius 2 is 1.20 bits per heavy atom. The van der Waals surface area contributed by atoms with Gasteiger partial charge in [-0.3, -0.25) is 28.9 Å². The van der Waals surface area contributed by atoms with Crippen molar-refractivity contribution in [3.05, 3.63) is 87.8 Å². The molecule has 322 valence electrons. The number of imide groups is 2. The van der Waals surface area contributed by atoms with Gasteiger partial charge in [-0.15, -0.1) is 5.06 Å². The van der Waals surface area contributed by atoms with Crippen LogP contribution in [0, 0.1) is 29.6 Å². The maximum atomic E-state index is 12.6. The highest BCUT2D eigenvalue weighted by molar-refractivity contribution is 6.13. The second-order valence-electron chi connectivity index (χ2n) is 15.3. The summed E-state index contributed by atoms with van der Waals surface area (Å²) in [6.07, 6.45) is 3.01. The van der Waals surface area contributed by atoms with E-state index in [2.05, 4.69) is 58.2 Å². The normalized spacial score (nSPS) is 13.5. The van der Waals surface area contributed by atoms with E-state index in [1.807, 2.05) is 109 Å². The van der Waals surface area contributed by atoms with Crippen molar-refractivity contribution in [2.24, 2.45) is 28.8 Å². The van der Waals surface area contributed by atoms with E-state index in [0.717, 1.165) is 28.3 Å². The summed E-state index contributed by atoms with van der Waals surface area (Å²) in [5.74, 6) is 9.79. The molecule has 0 atom stereocenters. The number of carbonyl (C=O) groups is 6. The molecule has 3 heterocycles. The van der Waals surface area contributed by atoms with Gasteiger partial charge in [0.1, 0.15) is 0 Å². The monoisotopic (exact) mass is 817 g/mol. The summed E-state index contributed by atoms with van der Waals surface area (Å²) in [4.78, 5) is 81.7. The summed E-state index contributed by atoms with van der Waals surface area (Å²) < 4.78 is 0. The number of benzene rings is 2. The lowest BCUT2D eigenvalue weighted by Gasteiger charge is -2.27. The zero-order chi connectivity index (χ0) is 45.4. The number of nitrogens with two attached hydrogens (primary N) is 1. The molecule has 15 heteroatoms. The van der Waals surface area contributed by atoms with Gasteiger partial charge in [-0.1, -0.05) is 110 Å². The highest BCUT2D eigenvalue weighted by Crippen LogP contribution is 2.26. The molecule has 5 amide bonds. The van der Waals surface area contributed by atoms with Gasteiger partial charge in [0.15, 0.2) is 0 Å². The fraction of sp³-hybridized carbons (Fsp3) is 0.500. The Bertz CT molecular complexity index is 1820. The molecule has 2 aromatic carbocycles. The third-order valence-electron chi connectivity index (χ3n) is 7.21. The topological polar surface area (TPSA) is 205 Å². The number of rotatable bonds is 6. The Hall–Kier alpha value is -5.81. The first-order chi connectivity index (χ1) is 27.6. The molecule has 0 spiro atoms. The number of fused-ring (bicyclic) bond motifs is 2. The minimum atomic E-state index is -0.566. The van der Waals surface area contributed by atoms with Crippen LogP contribution in [0.5, 0.6) is 0 Å². The molecule has 2 N–H and O–H groups in total. The molecule has 1 saturated heterocycles. The molecule has 0 saturated carbocycles. The number of azide groups is 1. The van der Waals surface area contributed by atoms with Gasteiger partial charge in [0.05, 0.1) is 24.3 Å². The standard InChI is InChI=1S/C19H17NO.C8H11NO4.C7H9NO2.C4H10.C3H7N3.C3H9NO/c1-14(2)19(21)20-13-17-9-4-3-7-15(17)11-12-16-8-5-6-10-18(16)20;1-5(2)8(12)13-9-6(10)3-4-7(9)11;1-5(2)8-6(9)3-4-7(8)10;1-4(2)3;1-3(2)5-6-4;1-3(2)5-4/h3-10,14H,13H2,1-2H3;5H,3-4H2,1-2H3;3-5H,1-2H3;4H,1-3H3;3H,1-2H3;3H,4H2,1-2H3. The molecular formula is C44H63N7O8. The Kier molecular flexibility index (Phi) is 25.0. The van der Waals surface area contributed by atoms with Crippen LogP contribution in [-0.2, 0) is 45.0 Å². The first-order valence-corrected chi connectivity index (χ1v) is 19.6. The van der Waals surface area contributed by atoms with Gasteiger partial charge in [-0.05, 0) is 62.9 Å². The first-order valence-electron chi connectivity index (χ1n) is 19.6. The number of amides is 5. The minimum Gasteiger partial charge on any atom is -0.330 e. The molecule has 0 unspecified atom stereocenters. The number of hydrogen-bond acceptors (Lipinski definition) is 10. The van der Waals surface area contributed by atoms with Crippen molar-refractivity contribution in [1.82, 2.24) is 9.96 Å². The molecule has 1 fully saturated rings. The number of hydrogen-bond donors (Lipinski definition) is 1. The second-order valence-corrected chi connectivity index (χ2v) is 15.3. The SMILES string of the molecule is CC(C)C.CC(C)C(=O)N1Cc2ccccc2C#Cc2ccccc21.CC(C)C(=O)ON1C(=O)CCC1=O.CC(C)N1C(=O)C=CC1=O.CC(C)N=[N+]=[N-].CC(C)ON. The van der Waals surface area contributed by atoms with E-state index in [1.165, 1.54) is 17.1 Å². The molecule has 2 aromatic rings. The van der Waals surface area contributed by atoms with Gasteiger partial charge in [0, 0.05) is 59.0 Å². The maximum Gasteiger partial charge on any atom is 0.335 e. The molecule has 0 aliphatic carbocycles. The lowest BCUT2D eigenvalue weighted by Crippen LogP contribution is -2.36. The van der Waals surface area contributed by atoms with Gasteiger partial charge >= 0.3 is 5.97 Å². The Labute approximate surface area is 349 Å². The van der Waals surface area contributed by atoms with Crippen molar-refractivity contribution < 1.29 is 38.4 Å². The maximum absolute atomic E-state index is 12.6. The molecule has 0 radical (unpaired) electrons. The Morgan fingerprint density at radius 1 is 0.746 bits per heavy atom. The molecule has 59 heavy (non-hydrogen) atoms. The summed E-state index contributed by atoms with van der Waals surface area (Å²) in [6, 6.07) is 15.9. The summed E-state index contributed by atoms with van der Waals surface area (Å²) in [5.41, 5.74) is 11.6. The van der Waals surface area contributed by atoms with Crippen LogP contribution in [0.25, 0.3) is 10.4 Å². The molecule has 0 aromatic heterocycles. The fourth-order valence-electron chi connectivity index (χ4n) is 4.37. The smallest absolute Gasteiger partial charge is 0.330 e. The predicted octanol–water partition coefficient (Wildman–Crippen LogP) is 7.81. The number of nitrogens with zero attached hydrogens (tertiary/aromatic N) is 6. The quantitative estimate of drug-likeness (QED) is 0.0752. The van der Waals surface area contributed by atoms with Crippen LogP contribution in [0.4, 0.5) is 5.69 Å². The summed E-state index contributed by atoms with van der Waals surface area (Å²) in [7, 11) is 0. The van der Waals surface area contributed by atoms with E-state index < -0.39 is 17.8 Å². The minimum absolute atomic E-state index is 0.0324. The average molecular weight is 818 g/mol. The van der Waals surface area contributed by atoms with Crippen LogP contribution >= 0.6 is 0 Å². The highest BCUT2D eigenvalue weighted by Gasteiger charge is 2.33. The van der Waals surface area contributed by atoms with Gasteiger partial charge in [0.2, 0.25) is 5.91 Å². The van der Waals surface area contributed by atoms with Crippen molar-refractivity contribution in [2.75, 3.05) is 4.90 Å². The van der Waals surface area contributed by atoms with Crippen LogP contribution in [0.1, 0.15) is 120 Å². The Balaban J connectivity index is 0.000000763.